The highest BCUT2D eigenvalue weighted by atomic mass is 19.4. The van der Waals surface area contributed by atoms with Crippen molar-refractivity contribution in [3.63, 3.8) is 0 Å². The van der Waals surface area contributed by atoms with Gasteiger partial charge in [0.05, 0.1) is 38.9 Å². The van der Waals surface area contributed by atoms with Crippen molar-refractivity contribution in [3.05, 3.63) is 65.2 Å². The second-order valence-electron chi connectivity index (χ2n) is 8.01. The van der Waals surface area contributed by atoms with E-state index >= 15 is 0 Å². The summed E-state index contributed by atoms with van der Waals surface area (Å²) >= 11 is 0. The zero-order valence-electron chi connectivity index (χ0n) is 16.6. The van der Waals surface area contributed by atoms with Gasteiger partial charge in [0.2, 0.25) is 0 Å². The lowest BCUT2D eigenvalue weighted by atomic mass is 10.0. The summed E-state index contributed by atoms with van der Waals surface area (Å²) in [7, 11) is 4.37. The quantitative estimate of drug-likeness (QED) is 0.729. The summed E-state index contributed by atoms with van der Waals surface area (Å²) in [6.45, 7) is 2.34. The molecule has 1 aliphatic rings. The van der Waals surface area contributed by atoms with Gasteiger partial charge in [-0.3, -0.25) is 4.79 Å². The molecule has 2 aromatic rings. The van der Waals surface area contributed by atoms with Gasteiger partial charge >= 0.3 is 6.18 Å². The van der Waals surface area contributed by atoms with Gasteiger partial charge in [-0.2, -0.15) is 13.2 Å². The highest BCUT2D eigenvalue weighted by Gasteiger charge is 2.31. The van der Waals surface area contributed by atoms with Crippen LogP contribution in [0.4, 0.5) is 18.9 Å². The van der Waals surface area contributed by atoms with Crippen LogP contribution in [0.3, 0.4) is 0 Å². The molecule has 1 fully saturated rings. The first-order valence-corrected chi connectivity index (χ1v) is 9.63. The summed E-state index contributed by atoms with van der Waals surface area (Å²) in [6.07, 6.45) is -2.46. The summed E-state index contributed by atoms with van der Waals surface area (Å²) in [5.41, 5.74) is 0.762. The van der Waals surface area contributed by atoms with Gasteiger partial charge in [-0.1, -0.05) is 18.2 Å². The number of quaternary nitrogens is 1. The van der Waals surface area contributed by atoms with Crippen molar-refractivity contribution in [2.75, 3.05) is 32.6 Å². The Morgan fingerprint density at radius 3 is 2.48 bits per heavy atom. The van der Waals surface area contributed by atoms with E-state index in [1.807, 2.05) is 18.2 Å². The predicted molar refractivity (Wildman–Crippen MR) is 105 cm³/mol. The molecule has 3 rings (SSSR count). The standard InChI is InChI=1S/C22H25F3N2O2/c1-27(2,20-9-11-29-12-10-20)15-16-5-3-8-19(13-16)26-21(28)17-6-4-7-18(14-17)22(23,24)25/h3-8,13-14,20H,9-12,15H2,1-2H3/p+1. The zero-order chi connectivity index (χ0) is 21.1. The Morgan fingerprint density at radius 2 is 1.79 bits per heavy atom. The minimum atomic E-state index is -4.48. The minimum absolute atomic E-state index is 0.0245. The molecule has 1 aliphatic heterocycles. The molecule has 1 heterocycles. The van der Waals surface area contributed by atoms with Crippen LogP contribution in [0.2, 0.25) is 0 Å². The number of ether oxygens (including phenoxy) is 1. The van der Waals surface area contributed by atoms with Crippen molar-refractivity contribution in [1.29, 1.82) is 0 Å². The lowest BCUT2D eigenvalue weighted by Gasteiger charge is -2.40. The molecule has 2 aromatic carbocycles. The molecule has 7 heteroatoms. The van der Waals surface area contributed by atoms with E-state index in [1.54, 1.807) is 6.07 Å². The molecule has 4 nitrogen and oxygen atoms in total. The van der Waals surface area contributed by atoms with Crippen molar-refractivity contribution >= 4 is 11.6 Å². The minimum Gasteiger partial charge on any atom is -0.381 e. The largest absolute Gasteiger partial charge is 0.416 e. The molecule has 0 bridgehead atoms. The number of halogens is 3. The Kier molecular flexibility index (Phi) is 6.29. The number of nitrogens with one attached hydrogen (secondary N) is 1. The number of hydrogen-bond acceptors (Lipinski definition) is 2. The Balaban J connectivity index is 1.70. The lowest BCUT2D eigenvalue weighted by Crippen LogP contribution is -2.50. The van der Waals surface area contributed by atoms with Crippen LogP contribution in [0.25, 0.3) is 0 Å². The van der Waals surface area contributed by atoms with E-state index in [0.29, 0.717) is 11.7 Å². The number of rotatable bonds is 5. The van der Waals surface area contributed by atoms with Gasteiger partial charge in [0.15, 0.2) is 0 Å². The third-order valence-corrected chi connectivity index (χ3v) is 5.41. The molecule has 0 radical (unpaired) electrons. The van der Waals surface area contributed by atoms with Crippen LogP contribution >= 0.6 is 0 Å². The number of benzene rings is 2. The van der Waals surface area contributed by atoms with Crippen LogP contribution in [0.1, 0.15) is 34.3 Å². The molecule has 29 heavy (non-hydrogen) atoms. The van der Waals surface area contributed by atoms with Crippen molar-refractivity contribution < 1.29 is 27.2 Å². The maximum absolute atomic E-state index is 12.9. The molecule has 1 amide bonds. The number of amides is 1. The summed E-state index contributed by atoms with van der Waals surface area (Å²) in [4.78, 5) is 12.4. The Hall–Kier alpha value is -2.38. The Bertz CT molecular complexity index is 859. The molecule has 0 saturated carbocycles. The van der Waals surface area contributed by atoms with E-state index < -0.39 is 17.6 Å². The Labute approximate surface area is 168 Å². The number of carbonyl (C=O) groups excluding carboxylic acids is 1. The van der Waals surface area contributed by atoms with E-state index in [2.05, 4.69) is 19.4 Å². The fraction of sp³-hybridized carbons (Fsp3) is 0.409. The molecular formula is C22H26F3N2O2+. The van der Waals surface area contributed by atoms with Gasteiger partial charge in [-0.05, 0) is 30.3 Å². The number of anilines is 1. The molecule has 1 saturated heterocycles. The first kappa shape index (κ1) is 21.3. The lowest BCUT2D eigenvalue weighted by molar-refractivity contribution is -0.929. The summed E-state index contributed by atoms with van der Waals surface area (Å²) in [6, 6.07) is 12.4. The number of alkyl halides is 3. The van der Waals surface area contributed by atoms with E-state index in [-0.39, 0.29) is 5.56 Å². The van der Waals surface area contributed by atoms with E-state index in [9.17, 15) is 18.0 Å². The molecule has 156 valence electrons. The molecule has 0 aromatic heterocycles. The van der Waals surface area contributed by atoms with Crippen LogP contribution < -0.4 is 5.32 Å². The van der Waals surface area contributed by atoms with Crippen molar-refractivity contribution in [2.24, 2.45) is 0 Å². The van der Waals surface area contributed by atoms with Crippen molar-refractivity contribution in [3.8, 4) is 0 Å². The van der Waals surface area contributed by atoms with Gasteiger partial charge in [-0.15, -0.1) is 0 Å². The first-order valence-electron chi connectivity index (χ1n) is 9.63. The molecule has 1 N–H and O–H groups in total. The van der Waals surface area contributed by atoms with Crippen molar-refractivity contribution in [1.82, 2.24) is 0 Å². The maximum Gasteiger partial charge on any atom is 0.416 e. The highest BCUT2D eigenvalue weighted by Crippen LogP contribution is 2.30. The smallest absolute Gasteiger partial charge is 0.381 e. The molecule has 0 atom stereocenters. The zero-order valence-corrected chi connectivity index (χ0v) is 16.6. The van der Waals surface area contributed by atoms with E-state index in [1.165, 1.54) is 12.1 Å². The fourth-order valence-electron chi connectivity index (χ4n) is 3.77. The molecule has 0 spiro atoms. The highest BCUT2D eigenvalue weighted by molar-refractivity contribution is 6.04. The fourth-order valence-corrected chi connectivity index (χ4v) is 3.77. The number of carbonyl (C=O) groups is 1. The SMILES string of the molecule is C[N+](C)(Cc1cccc(NC(=O)c2cccc(C(F)(F)F)c2)c1)C1CCOCC1. The Morgan fingerprint density at radius 1 is 1.10 bits per heavy atom. The van der Waals surface area contributed by atoms with Gasteiger partial charge in [0, 0.05) is 29.7 Å². The first-order chi connectivity index (χ1) is 13.6. The second-order valence-corrected chi connectivity index (χ2v) is 8.01. The maximum atomic E-state index is 12.9. The second kappa shape index (κ2) is 8.55. The molecule has 0 aliphatic carbocycles. The van der Waals surface area contributed by atoms with Crippen LogP contribution in [-0.2, 0) is 17.5 Å². The van der Waals surface area contributed by atoms with Crippen LogP contribution in [-0.4, -0.2) is 43.7 Å². The van der Waals surface area contributed by atoms with E-state index in [4.69, 9.17) is 4.74 Å². The van der Waals surface area contributed by atoms with Gasteiger partial charge < -0.3 is 14.5 Å². The topological polar surface area (TPSA) is 38.3 Å². The van der Waals surface area contributed by atoms with Gasteiger partial charge in [0.25, 0.3) is 5.91 Å². The normalized spacial score (nSPS) is 15.9. The van der Waals surface area contributed by atoms with Crippen LogP contribution in [0.5, 0.6) is 0 Å². The van der Waals surface area contributed by atoms with Crippen molar-refractivity contribution in [2.45, 2.75) is 31.6 Å². The summed E-state index contributed by atoms with van der Waals surface area (Å²) in [5, 5.41) is 2.71. The third-order valence-electron chi connectivity index (χ3n) is 5.41. The number of hydrogen-bond donors (Lipinski definition) is 1. The number of nitrogens with zero attached hydrogens (tertiary/aromatic N) is 1. The predicted octanol–water partition coefficient (Wildman–Crippen LogP) is 4.71. The van der Waals surface area contributed by atoms with E-state index in [0.717, 1.165) is 54.8 Å². The average molecular weight is 407 g/mol. The monoisotopic (exact) mass is 407 g/mol. The average Bonchev–Trinajstić information content (AvgIpc) is 2.68. The van der Waals surface area contributed by atoms with Gasteiger partial charge in [-0.25, -0.2) is 0 Å². The third kappa shape index (κ3) is 5.58. The molecular weight excluding hydrogens is 381 g/mol. The van der Waals surface area contributed by atoms with Crippen LogP contribution in [0.15, 0.2) is 48.5 Å². The molecule has 0 unspecified atom stereocenters. The summed E-state index contributed by atoms with van der Waals surface area (Å²) in [5.74, 6) is -0.563. The van der Waals surface area contributed by atoms with Gasteiger partial charge in [0.1, 0.15) is 6.54 Å². The van der Waals surface area contributed by atoms with Crippen LogP contribution in [0, 0.1) is 0 Å². The summed E-state index contributed by atoms with van der Waals surface area (Å²) < 4.78 is 44.9.